The molecule has 0 aliphatic rings. The number of hydrogen-bond donors (Lipinski definition) is 0. The Bertz CT molecular complexity index is 992. The molecule has 0 aliphatic carbocycles. The monoisotopic (exact) mass is 366 g/mol. The molecule has 0 radical (unpaired) electrons. The Balaban J connectivity index is 1.71. The second kappa shape index (κ2) is 7.97. The maximum atomic E-state index is 10.7. The molecule has 0 atom stereocenters. The molecule has 3 aromatic rings. The highest BCUT2D eigenvalue weighted by Crippen LogP contribution is 2.29. The van der Waals surface area contributed by atoms with Crippen LogP contribution in [0.1, 0.15) is 18.4 Å². The SMILES string of the molecule is CCOc1cc(C#N)ccc1OCc1nnc(-c2ccc([N+](=O)[O-])cc2)o1. The molecule has 0 N–H and O–H groups in total. The number of nitriles is 1. The fourth-order valence-corrected chi connectivity index (χ4v) is 2.26. The predicted octanol–water partition coefficient (Wildman–Crippen LogP) is 3.49. The Morgan fingerprint density at radius 3 is 2.59 bits per heavy atom. The molecule has 1 heterocycles. The number of non-ortho nitro benzene ring substituents is 1. The molecule has 0 spiro atoms. The second-order valence-electron chi connectivity index (χ2n) is 5.30. The van der Waals surface area contributed by atoms with Gasteiger partial charge in [0, 0.05) is 23.8 Å². The van der Waals surface area contributed by atoms with Gasteiger partial charge in [-0.3, -0.25) is 10.1 Å². The number of rotatable bonds is 7. The Morgan fingerprint density at radius 1 is 1.15 bits per heavy atom. The summed E-state index contributed by atoms with van der Waals surface area (Å²) in [6.07, 6.45) is 0. The van der Waals surface area contributed by atoms with Gasteiger partial charge in [0.2, 0.25) is 5.89 Å². The van der Waals surface area contributed by atoms with Gasteiger partial charge < -0.3 is 13.9 Å². The van der Waals surface area contributed by atoms with Crippen LogP contribution in [-0.2, 0) is 6.61 Å². The average Bonchev–Trinajstić information content (AvgIpc) is 3.16. The van der Waals surface area contributed by atoms with Crippen LogP contribution < -0.4 is 9.47 Å². The fourth-order valence-electron chi connectivity index (χ4n) is 2.26. The Morgan fingerprint density at radius 2 is 1.93 bits per heavy atom. The van der Waals surface area contributed by atoms with Crippen molar-refractivity contribution in [2.45, 2.75) is 13.5 Å². The van der Waals surface area contributed by atoms with E-state index >= 15 is 0 Å². The second-order valence-corrected chi connectivity index (χ2v) is 5.30. The van der Waals surface area contributed by atoms with Crippen molar-refractivity contribution in [3.8, 4) is 29.0 Å². The lowest BCUT2D eigenvalue weighted by Gasteiger charge is -2.10. The first kappa shape index (κ1) is 17.9. The number of benzene rings is 2. The highest BCUT2D eigenvalue weighted by atomic mass is 16.6. The molecule has 0 fully saturated rings. The van der Waals surface area contributed by atoms with Crippen LogP contribution >= 0.6 is 0 Å². The molecule has 1 aromatic heterocycles. The minimum Gasteiger partial charge on any atom is -0.490 e. The lowest BCUT2D eigenvalue weighted by atomic mass is 10.2. The zero-order valence-corrected chi connectivity index (χ0v) is 14.3. The number of aromatic nitrogens is 2. The topological polar surface area (TPSA) is 124 Å². The number of nitro benzene ring substituents is 1. The highest BCUT2D eigenvalue weighted by Gasteiger charge is 2.13. The predicted molar refractivity (Wildman–Crippen MR) is 93.0 cm³/mol. The van der Waals surface area contributed by atoms with Crippen molar-refractivity contribution in [1.82, 2.24) is 10.2 Å². The standard InChI is InChI=1S/C18H14N4O5/c1-2-25-16-9-12(10-19)3-8-15(16)26-11-17-20-21-18(27-17)13-4-6-14(7-5-13)22(23)24/h3-9H,2,11H2,1H3. The van der Waals surface area contributed by atoms with E-state index in [2.05, 4.69) is 10.2 Å². The quantitative estimate of drug-likeness (QED) is 0.459. The zero-order chi connectivity index (χ0) is 19.2. The first-order valence-corrected chi connectivity index (χ1v) is 7.97. The maximum absolute atomic E-state index is 10.7. The summed E-state index contributed by atoms with van der Waals surface area (Å²) in [6.45, 7) is 2.26. The van der Waals surface area contributed by atoms with Crippen molar-refractivity contribution < 1.29 is 18.8 Å². The average molecular weight is 366 g/mol. The third-order valence-corrected chi connectivity index (χ3v) is 3.52. The van der Waals surface area contributed by atoms with Gasteiger partial charge in [0.05, 0.1) is 23.2 Å². The van der Waals surface area contributed by atoms with Gasteiger partial charge in [-0.1, -0.05) is 0 Å². The number of nitro groups is 1. The first-order valence-electron chi connectivity index (χ1n) is 7.97. The number of ether oxygens (including phenoxy) is 2. The largest absolute Gasteiger partial charge is 0.490 e. The first-order chi connectivity index (χ1) is 13.1. The molecule has 0 bridgehead atoms. The van der Waals surface area contributed by atoms with Crippen molar-refractivity contribution in [1.29, 1.82) is 5.26 Å². The lowest BCUT2D eigenvalue weighted by molar-refractivity contribution is -0.384. The molecule has 136 valence electrons. The van der Waals surface area contributed by atoms with Crippen LogP contribution in [0.4, 0.5) is 5.69 Å². The van der Waals surface area contributed by atoms with Gasteiger partial charge in [-0.15, -0.1) is 10.2 Å². The van der Waals surface area contributed by atoms with Crippen LogP contribution in [0, 0.1) is 21.4 Å². The van der Waals surface area contributed by atoms with E-state index in [1.807, 2.05) is 13.0 Å². The van der Waals surface area contributed by atoms with Gasteiger partial charge >= 0.3 is 0 Å². The van der Waals surface area contributed by atoms with Gasteiger partial charge in [0.1, 0.15) is 0 Å². The van der Waals surface area contributed by atoms with Crippen molar-refractivity contribution in [2.75, 3.05) is 6.61 Å². The normalized spacial score (nSPS) is 10.2. The number of hydrogen-bond acceptors (Lipinski definition) is 8. The van der Waals surface area contributed by atoms with Gasteiger partial charge in [-0.05, 0) is 31.2 Å². The third kappa shape index (κ3) is 4.19. The minimum atomic E-state index is -0.482. The summed E-state index contributed by atoms with van der Waals surface area (Å²) >= 11 is 0. The lowest BCUT2D eigenvalue weighted by Crippen LogP contribution is -2.00. The zero-order valence-electron chi connectivity index (χ0n) is 14.3. The molecule has 0 saturated heterocycles. The van der Waals surface area contributed by atoms with Gasteiger partial charge in [-0.25, -0.2) is 0 Å². The molecule has 0 unspecified atom stereocenters. The van der Waals surface area contributed by atoms with E-state index in [-0.39, 0.29) is 24.1 Å². The van der Waals surface area contributed by atoms with E-state index in [4.69, 9.17) is 19.2 Å². The molecule has 9 heteroatoms. The Kier molecular flexibility index (Phi) is 5.28. The summed E-state index contributed by atoms with van der Waals surface area (Å²) in [6, 6.07) is 12.7. The molecule has 0 aliphatic heterocycles. The van der Waals surface area contributed by atoms with E-state index in [1.165, 1.54) is 24.3 Å². The van der Waals surface area contributed by atoms with E-state index in [1.54, 1.807) is 18.2 Å². The summed E-state index contributed by atoms with van der Waals surface area (Å²) in [4.78, 5) is 10.2. The highest BCUT2D eigenvalue weighted by molar-refractivity contribution is 5.55. The third-order valence-electron chi connectivity index (χ3n) is 3.52. The van der Waals surface area contributed by atoms with Gasteiger partial charge in [-0.2, -0.15) is 5.26 Å². The van der Waals surface area contributed by atoms with Crippen LogP contribution in [0.3, 0.4) is 0 Å². The molecule has 0 amide bonds. The molecule has 2 aromatic carbocycles. The summed E-state index contributed by atoms with van der Waals surface area (Å²) in [5.41, 5.74) is 1.00. The van der Waals surface area contributed by atoms with E-state index in [0.29, 0.717) is 29.2 Å². The van der Waals surface area contributed by atoms with Crippen LogP contribution in [-0.4, -0.2) is 21.7 Å². The van der Waals surface area contributed by atoms with Crippen LogP contribution in [0.15, 0.2) is 46.9 Å². The van der Waals surface area contributed by atoms with Crippen LogP contribution in [0.25, 0.3) is 11.5 Å². The maximum Gasteiger partial charge on any atom is 0.269 e. The Hall–Kier alpha value is -3.93. The smallest absolute Gasteiger partial charge is 0.269 e. The molecule has 27 heavy (non-hydrogen) atoms. The molecular formula is C18H14N4O5. The number of nitrogens with zero attached hydrogens (tertiary/aromatic N) is 4. The Labute approximate surface area is 153 Å². The summed E-state index contributed by atoms with van der Waals surface area (Å²) in [5, 5.41) is 27.5. The summed E-state index contributed by atoms with van der Waals surface area (Å²) in [5.74, 6) is 1.36. The van der Waals surface area contributed by atoms with E-state index in [0.717, 1.165) is 0 Å². The summed E-state index contributed by atoms with van der Waals surface area (Å²) < 4.78 is 16.7. The molecular weight excluding hydrogens is 352 g/mol. The van der Waals surface area contributed by atoms with Crippen molar-refractivity contribution in [3.63, 3.8) is 0 Å². The molecule has 9 nitrogen and oxygen atoms in total. The fraction of sp³-hybridized carbons (Fsp3) is 0.167. The summed E-state index contributed by atoms with van der Waals surface area (Å²) in [7, 11) is 0. The van der Waals surface area contributed by atoms with E-state index < -0.39 is 4.92 Å². The van der Waals surface area contributed by atoms with E-state index in [9.17, 15) is 10.1 Å². The van der Waals surface area contributed by atoms with Crippen LogP contribution in [0.5, 0.6) is 11.5 Å². The van der Waals surface area contributed by atoms with Gasteiger partial charge in [0.15, 0.2) is 18.1 Å². The minimum absolute atomic E-state index is 0.00591. The molecule has 0 saturated carbocycles. The molecule has 3 rings (SSSR count). The van der Waals surface area contributed by atoms with Crippen molar-refractivity contribution in [2.24, 2.45) is 0 Å². The van der Waals surface area contributed by atoms with Crippen molar-refractivity contribution >= 4 is 5.69 Å². The van der Waals surface area contributed by atoms with Crippen LogP contribution in [0.2, 0.25) is 0 Å². The van der Waals surface area contributed by atoms with Gasteiger partial charge in [0.25, 0.3) is 11.6 Å². The van der Waals surface area contributed by atoms with Crippen molar-refractivity contribution in [3.05, 3.63) is 64.0 Å².